The highest BCUT2D eigenvalue weighted by atomic mass is 35.5. The highest BCUT2D eigenvalue weighted by molar-refractivity contribution is 6.61. The number of carbonyl (C=O) groups excluding carboxylic acids is 4. The molecule has 27 heteroatoms. The van der Waals surface area contributed by atoms with Gasteiger partial charge in [-0.05, 0) is 102 Å². The molecule has 22 nitrogen and oxygen atoms in total. The van der Waals surface area contributed by atoms with Gasteiger partial charge in [0.25, 0.3) is 11.4 Å². The lowest BCUT2D eigenvalue weighted by Gasteiger charge is -2.34. The van der Waals surface area contributed by atoms with Crippen LogP contribution in [0.3, 0.4) is 0 Å². The first kappa shape index (κ1) is 66.0. The SMILES string of the molecule is CC(Cl)OC(=O)Cl.CCOC(=O)c1cc(N2CCN(C)CC2)ccc1Cl.CCOC(=O)c1cc(N2CCN(C)CC2)ccc1[N+](=O)[O-].CCOC(=O)c1cc(N2CCNCC2)ccc1Cl.O=C(O)c1cc(Cl)ccc1[N+](=O)[O-]. The van der Waals surface area contributed by atoms with Crippen molar-refractivity contribution in [1.82, 2.24) is 15.1 Å². The number of esters is 3. The van der Waals surface area contributed by atoms with E-state index in [1.54, 1.807) is 45.0 Å². The minimum Gasteiger partial charge on any atom is -0.477 e. The predicted molar refractivity (Wildman–Crippen MR) is 301 cm³/mol. The molecule has 1 unspecified atom stereocenters. The normalized spacial score (nSPS) is 14.6. The number of hydrogen-bond donors (Lipinski definition) is 2. The molecule has 4 aromatic rings. The zero-order valence-corrected chi connectivity index (χ0v) is 47.7. The third kappa shape index (κ3) is 21.9. The fourth-order valence-corrected chi connectivity index (χ4v) is 8.24. The molecular formula is C51H63Cl5N8O14. The minimum absolute atomic E-state index is 0.0123. The number of hydrogen-bond acceptors (Lipinski definition) is 19. The Bertz CT molecular complexity index is 2670. The van der Waals surface area contributed by atoms with Crippen molar-refractivity contribution in [2.24, 2.45) is 0 Å². The summed E-state index contributed by atoms with van der Waals surface area (Å²) >= 11 is 27.4. The second-order valence-electron chi connectivity index (χ2n) is 16.9. The Hall–Kier alpha value is -6.24. The molecule has 78 heavy (non-hydrogen) atoms. The van der Waals surface area contributed by atoms with E-state index >= 15 is 0 Å². The number of nitrogens with zero attached hydrogens (tertiary/aromatic N) is 7. The van der Waals surface area contributed by atoms with Crippen molar-refractivity contribution >= 4 is 116 Å². The standard InChI is InChI=1S/C14H19ClN2O2.C14H19N3O4.C13H17ClN2O2.C7H4ClNO4.C3H4Cl2O2/c1-3-19-14(18)12-10-11(4-5-13(12)15)17-8-6-16(2)7-9-17;1-3-21-14(18)12-10-11(4-5-13(12)17(19)20)16-8-6-15(2)7-9-16;1-2-18-13(17)11-9-10(3-4-12(11)14)16-7-5-15-6-8-16;8-4-1-2-6(9(12)13)5(3-4)7(10)11;1-2(4)7-3(5)6/h4-5,10H,3,6-9H2,1-2H3;4-5,10H,3,6-9H2,1-2H3;3-4,9,15H,2,5-8H2,1H3;1-3H,(H,10,11);2H,1H3. The molecule has 4 aromatic carbocycles. The lowest BCUT2D eigenvalue weighted by molar-refractivity contribution is -0.385. The number of nitro benzene ring substituents is 2. The van der Waals surface area contributed by atoms with Gasteiger partial charge in [-0.3, -0.25) is 20.2 Å². The largest absolute Gasteiger partial charge is 0.477 e. The zero-order valence-electron chi connectivity index (χ0n) is 43.9. The molecule has 0 saturated carbocycles. The Morgan fingerprint density at radius 3 is 1.29 bits per heavy atom. The second kappa shape index (κ2) is 33.9. The van der Waals surface area contributed by atoms with Gasteiger partial charge in [0.1, 0.15) is 11.1 Å². The number of likely N-dealkylation sites (N-methyl/N-ethyl adjacent to an activating group) is 2. The summed E-state index contributed by atoms with van der Waals surface area (Å²) in [7, 11) is 4.17. The van der Waals surface area contributed by atoms with E-state index in [4.69, 9.17) is 77.3 Å². The molecule has 3 fully saturated rings. The van der Waals surface area contributed by atoms with Gasteiger partial charge in [0.15, 0.2) is 5.56 Å². The molecule has 7 rings (SSSR count). The third-order valence-corrected chi connectivity index (χ3v) is 12.5. The summed E-state index contributed by atoms with van der Waals surface area (Å²) in [5, 5.41) is 34.3. The van der Waals surface area contributed by atoms with Gasteiger partial charge in [0.2, 0.25) is 0 Å². The van der Waals surface area contributed by atoms with E-state index in [1.807, 2.05) is 24.3 Å². The number of nitro groups is 2. The number of anilines is 3. The Labute approximate surface area is 477 Å². The first-order valence-corrected chi connectivity index (χ1v) is 26.3. The van der Waals surface area contributed by atoms with Crippen molar-refractivity contribution in [3.8, 4) is 0 Å². The zero-order chi connectivity index (χ0) is 58.1. The van der Waals surface area contributed by atoms with Gasteiger partial charge in [0, 0.05) is 124 Å². The Morgan fingerprint density at radius 1 is 0.577 bits per heavy atom. The monoisotopic (exact) mass is 1190 g/mol. The van der Waals surface area contributed by atoms with E-state index in [-0.39, 0.29) is 34.8 Å². The molecule has 1 atom stereocenters. The molecule has 3 saturated heterocycles. The van der Waals surface area contributed by atoms with E-state index in [2.05, 4.69) is 48.6 Å². The predicted octanol–water partition coefficient (Wildman–Crippen LogP) is 9.61. The van der Waals surface area contributed by atoms with Crippen molar-refractivity contribution in [1.29, 1.82) is 0 Å². The summed E-state index contributed by atoms with van der Waals surface area (Å²) in [5.41, 5.74) is 1.17. The molecular weight excluding hydrogens is 1130 g/mol. The van der Waals surface area contributed by atoms with Crippen molar-refractivity contribution in [2.75, 3.05) is 127 Å². The molecule has 0 amide bonds. The summed E-state index contributed by atoms with van der Waals surface area (Å²) in [4.78, 5) is 86.9. The van der Waals surface area contributed by atoms with Gasteiger partial charge in [-0.1, -0.05) is 46.4 Å². The number of halogens is 5. The number of carboxylic acids is 1. The van der Waals surface area contributed by atoms with Crippen LogP contribution in [0, 0.1) is 20.2 Å². The number of rotatable bonds is 13. The maximum atomic E-state index is 11.9. The number of ether oxygens (including phenoxy) is 4. The van der Waals surface area contributed by atoms with Gasteiger partial charge >= 0.3 is 29.3 Å². The summed E-state index contributed by atoms with van der Waals surface area (Å²) < 4.78 is 19.1. The molecule has 0 bridgehead atoms. The van der Waals surface area contributed by atoms with Crippen molar-refractivity contribution in [3.63, 3.8) is 0 Å². The summed E-state index contributed by atoms with van der Waals surface area (Å²) in [6.45, 7) is 18.9. The molecule has 3 heterocycles. The van der Waals surface area contributed by atoms with Crippen LogP contribution in [-0.2, 0) is 18.9 Å². The Morgan fingerprint density at radius 2 is 0.936 bits per heavy atom. The molecule has 0 aromatic heterocycles. The van der Waals surface area contributed by atoms with Crippen LogP contribution in [0.25, 0.3) is 0 Å². The molecule has 3 aliphatic rings. The van der Waals surface area contributed by atoms with E-state index in [0.29, 0.717) is 34.4 Å². The molecule has 2 N–H and O–H groups in total. The minimum atomic E-state index is -1.37. The quantitative estimate of drug-likeness (QED) is 0.0315. The highest BCUT2D eigenvalue weighted by Crippen LogP contribution is 2.29. The molecule has 3 aliphatic heterocycles. The fraction of sp³-hybridized carbons (Fsp3) is 0.431. The molecule has 0 spiro atoms. The maximum absolute atomic E-state index is 11.9. The number of aromatic carboxylic acids is 1. The Balaban J connectivity index is 0.000000265. The Kier molecular flexibility index (Phi) is 28.7. The van der Waals surface area contributed by atoms with Crippen LogP contribution in [0.1, 0.15) is 69.1 Å². The van der Waals surface area contributed by atoms with Crippen LogP contribution in [0.5, 0.6) is 0 Å². The second-order valence-corrected chi connectivity index (χ2v) is 19.1. The lowest BCUT2D eigenvalue weighted by Crippen LogP contribution is -2.44. The average molecular weight is 1190 g/mol. The van der Waals surface area contributed by atoms with Crippen LogP contribution in [0.2, 0.25) is 15.1 Å². The van der Waals surface area contributed by atoms with Gasteiger partial charge in [-0.15, -0.1) is 0 Å². The van der Waals surface area contributed by atoms with Crippen molar-refractivity contribution in [2.45, 2.75) is 33.3 Å². The number of carbonyl (C=O) groups is 5. The summed E-state index contributed by atoms with van der Waals surface area (Å²) in [6.07, 6.45) is 0. The van der Waals surface area contributed by atoms with Crippen LogP contribution in [-0.4, -0.2) is 172 Å². The highest BCUT2D eigenvalue weighted by Gasteiger charge is 2.25. The average Bonchev–Trinajstić information content (AvgIpc) is 3.40. The lowest BCUT2D eigenvalue weighted by atomic mass is 10.1. The molecule has 0 radical (unpaired) electrons. The number of benzene rings is 4. The van der Waals surface area contributed by atoms with Crippen LogP contribution in [0.15, 0.2) is 72.8 Å². The molecule has 0 aliphatic carbocycles. The summed E-state index contributed by atoms with van der Waals surface area (Å²) in [6, 6.07) is 19.0. The van der Waals surface area contributed by atoms with Gasteiger partial charge in [-0.25, -0.2) is 24.0 Å². The van der Waals surface area contributed by atoms with Gasteiger partial charge in [-0.2, -0.15) is 0 Å². The fourth-order valence-electron chi connectivity index (χ4n) is 7.42. The maximum Gasteiger partial charge on any atom is 0.405 e. The number of carboxylic acid groups (broad SMARTS) is 1. The van der Waals surface area contributed by atoms with Gasteiger partial charge in [0.05, 0.1) is 50.8 Å². The van der Waals surface area contributed by atoms with E-state index in [0.717, 1.165) is 108 Å². The topological polar surface area (TPSA) is 257 Å². The van der Waals surface area contributed by atoms with Crippen LogP contribution >= 0.6 is 58.0 Å². The van der Waals surface area contributed by atoms with E-state index in [9.17, 15) is 44.2 Å². The first-order valence-electron chi connectivity index (χ1n) is 24.4. The third-order valence-electron chi connectivity index (χ3n) is 11.4. The van der Waals surface area contributed by atoms with Crippen molar-refractivity contribution in [3.05, 3.63) is 130 Å². The number of alkyl halides is 1. The van der Waals surface area contributed by atoms with E-state index < -0.39 is 44.0 Å². The molecule has 426 valence electrons. The van der Waals surface area contributed by atoms with E-state index in [1.165, 1.54) is 19.1 Å². The number of piperazine rings is 3. The first-order chi connectivity index (χ1) is 37.0. The van der Waals surface area contributed by atoms with Gasteiger partial charge < -0.3 is 53.9 Å². The summed E-state index contributed by atoms with van der Waals surface area (Å²) in [5.74, 6) is -2.74. The smallest absolute Gasteiger partial charge is 0.405 e. The van der Waals surface area contributed by atoms with Crippen LogP contribution < -0.4 is 20.0 Å². The number of nitrogens with one attached hydrogen (secondary N) is 1. The van der Waals surface area contributed by atoms with Crippen LogP contribution in [0.4, 0.5) is 33.2 Å². The van der Waals surface area contributed by atoms with Crippen molar-refractivity contribution < 1.29 is 57.9 Å².